The van der Waals surface area contributed by atoms with E-state index in [0.717, 1.165) is 22.0 Å². The smallest absolute Gasteiger partial charge is 0.264 e. The van der Waals surface area contributed by atoms with Crippen LogP contribution in [0.1, 0.15) is 18.5 Å². The van der Waals surface area contributed by atoms with Crippen LogP contribution >= 0.6 is 0 Å². The summed E-state index contributed by atoms with van der Waals surface area (Å²) in [5.74, 6) is -0.455. The largest absolute Gasteiger partial charge is 0.493 e. The van der Waals surface area contributed by atoms with Crippen LogP contribution in [0.4, 0.5) is 10.1 Å². The van der Waals surface area contributed by atoms with E-state index in [1.807, 2.05) is 30.3 Å². The van der Waals surface area contributed by atoms with Crippen molar-refractivity contribution in [3.05, 3.63) is 84.2 Å². The number of hydrogen-bond donors (Lipinski definition) is 1. The zero-order chi connectivity index (χ0) is 24.0. The summed E-state index contributed by atoms with van der Waals surface area (Å²) in [6, 6.07) is 18.0. The molecule has 0 unspecified atom stereocenters. The number of carbonyl (C=O) groups excluding carboxylic acids is 1. The maximum absolute atomic E-state index is 13.5. The van der Waals surface area contributed by atoms with E-state index in [9.17, 15) is 17.6 Å². The van der Waals surface area contributed by atoms with Gasteiger partial charge in [0.1, 0.15) is 12.4 Å². The van der Waals surface area contributed by atoms with Gasteiger partial charge in [0.2, 0.25) is 5.91 Å². The van der Waals surface area contributed by atoms with E-state index in [1.54, 1.807) is 6.92 Å². The number of carbonyl (C=O) groups is 1. The minimum Gasteiger partial charge on any atom is -0.493 e. The minimum absolute atomic E-state index is 0.103. The average molecular weight is 473 g/mol. The van der Waals surface area contributed by atoms with Crippen LogP contribution in [0, 0.1) is 5.82 Å². The van der Waals surface area contributed by atoms with Gasteiger partial charge < -0.3 is 14.8 Å². The van der Waals surface area contributed by atoms with Gasteiger partial charge in [-0.2, -0.15) is 0 Å². The summed E-state index contributed by atoms with van der Waals surface area (Å²) in [6.07, 6.45) is 0. The number of nitrogens with one attached hydrogen (secondary N) is 1. The van der Waals surface area contributed by atoms with Crippen molar-refractivity contribution in [3.8, 4) is 11.5 Å². The van der Waals surface area contributed by atoms with Crippen molar-refractivity contribution in [2.24, 2.45) is 0 Å². The minimum atomic E-state index is -4.21. The molecule has 0 aromatic heterocycles. The number of rotatable bonds is 9. The summed E-state index contributed by atoms with van der Waals surface area (Å²) in [6.45, 7) is 1.30. The molecule has 0 aliphatic rings. The van der Waals surface area contributed by atoms with Crippen molar-refractivity contribution in [1.82, 2.24) is 5.32 Å². The van der Waals surface area contributed by atoms with E-state index in [0.29, 0.717) is 5.75 Å². The molecule has 0 aliphatic heterocycles. The number of methoxy groups -OCH3 is 2. The number of amides is 1. The zero-order valence-electron chi connectivity index (χ0n) is 18.5. The molecule has 9 heteroatoms. The molecular weight excluding hydrogens is 447 g/mol. The monoisotopic (exact) mass is 472 g/mol. The molecule has 3 aromatic carbocycles. The predicted octanol–water partition coefficient (Wildman–Crippen LogP) is 3.92. The van der Waals surface area contributed by atoms with E-state index in [2.05, 4.69) is 5.32 Å². The van der Waals surface area contributed by atoms with Gasteiger partial charge in [-0.25, -0.2) is 12.8 Å². The van der Waals surface area contributed by atoms with Gasteiger partial charge in [0.05, 0.1) is 30.8 Å². The Hall–Kier alpha value is -3.59. The second-order valence-electron chi connectivity index (χ2n) is 7.20. The molecule has 174 valence electrons. The van der Waals surface area contributed by atoms with Crippen LogP contribution in [-0.2, 0) is 14.8 Å². The molecular formula is C24H25FN2O5S. The van der Waals surface area contributed by atoms with Gasteiger partial charge in [0, 0.05) is 6.07 Å². The highest BCUT2D eigenvalue weighted by Crippen LogP contribution is 2.32. The maximum atomic E-state index is 13.5. The molecule has 0 fully saturated rings. The predicted molar refractivity (Wildman–Crippen MR) is 123 cm³/mol. The summed E-state index contributed by atoms with van der Waals surface area (Å²) >= 11 is 0. The third-order valence-corrected chi connectivity index (χ3v) is 6.79. The molecule has 1 atom stereocenters. The lowest BCUT2D eigenvalue weighted by Gasteiger charge is -2.25. The molecule has 3 aromatic rings. The lowest BCUT2D eigenvalue weighted by Crippen LogP contribution is -2.41. The van der Waals surface area contributed by atoms with Crippen LogP contribution in [0.2, 0.25) is 0 Å². The molecule has 0 saturated heterocycles. The van der Waals surface area contributed by atoms with Gasteiger partial charge in [0.15, 0.2) is 11.5 Å². The summed E-state index contributed by atoms with van der Waals surface area (Å²) in [7, 11) is -1.37. The Bertz CT molecular complexity index is 1200. The van der Waals surface area contributed by atoms with Crippen LogP contribution in [-0.4, -0.2) is 35.1 Å². The Morgan fingerprint density at radius 3 is 2.21 bits per heavy atom. The summed E-state index contributed by atoms with van der Waals surface area (Å²) < 4.78 is 51.9. The zero-order valence-corrected chi connectivity index (χ0v) is 19.3. The van der Waals surface area contributed by atoms with Gasteiger partial charge in [-0.3, -0.25) is 9.10 Å². The Morgan fingerprint density at radius 1 is 0.970 bits per heavy atom. The lowest BCUT2D eigenvalue weighted by atomic mass is 10.1. The van der Waals surface area contributed by atoms with E-state index in [-0.39, 0.29) is 22.4 Å². The van der Waals surface area contributed by atoms with E-state index in [1.165, 1.54) is 44.6 Å². The van der Waals surface area contributed by atoms with Gasteiger partial charge >= 0.3 is 0 Å². The normalized spacial score (nSPS) is 12.0. The number of sulfonamides is 1. The maximum Gasteiger partial charge on any atom is 0.264 e. The Balaban J connectivity index is 1.94. The molecule has 0 aliphatic carbocycles. The molecule has 3 rings (SSSR count). The van der Waals surface area contributed by atoms with Crippen LogP contribution in [0.3, 0.4) is 0 Å². The first-order valence-electron chi connectivity index (χ1n) is 10.1. The molecule has 7 nitrogen and oxygen atoms in total. The molecule has 1 amide bonds. The average Bonchev–Trinajstić information content (AvgIpc) is 2.83. The number of benzene rings is 3. The number of hydrogen-bond acceptors (Lipinski definition) is 5. The Morgan fingerprint density at radius 2 is 1.61 bits per heavy atom. The van der Waals surface area contributed by atoms with Crippen molar-refractivity contribution in [2.75, 3.05) is 25.1 Å². The van der Waals surface area contributed by atoms with Crippen LogP contribution in [0.5, 0.6) is 11.5 Å². The van der Waals surface area contributed by atoms with Crippen LogP contribution in [0.15, 0.2) is 77.7 Å². The van der Waals surface area contributed by atoms with Crippen molar-refractivity contribution in [3.63, 3.8) is 0 Å². The molecule has 0 saturated carbocycles. The van der Waals surface area contributed by atoms with Gasteiger partial charge in [-0.1, -0.05) is 30.3 Å². The van der Waals surface area contributed by atoms with Gasteiger partial charge in [-0.15, -0.1) is 0 Å². The lowest BCUT2D eigenvalue weighted by molar-refractivity contribution is -0.120. The highest BCUT2D eigenvalue weighted by Gasteiger charge is 2.29. The SMILES string of the molecule is COc1ccc(S(=O)(=O)N(CC(=O)N[C@H](C)c2ccccc2)c2ccc(F)cc2)cc1OC. The Kier molecular flexibility index (Phi) is 7.55. The fourth-order valence-electron chi connectivity index (χ4n) is 3.27. The van der Waals surface area contributed by atoms with E-state index >= 15 is 0 Å². The summed E-state index contributed by atoms with van der Waals surface area (Å²) in [5, 5.41) is 2.81. The number of anilines is 1. The number of nitrogens with zero attached hydrogens (tertiary/aromatic N) is 1. The highest BCUT2D eigenvalue weighted by atomic mass is 32.2. The van der Waals surface area contributed by atoms with E-state index in [4.69, 9.17) is 9.47 Å². The third-order valence-electron chi connectivity index (χ3n) is 5.02. The van der Waals surface area contributed by atoms with Crippen molar-refractivity contribution in [1.29, 1.82) is 0 Å². The summed E-state index contributed by atoms with van der Waals surface area (Å²) in [4.78, 5) is 12.7. The van der Waals surface area contributed by atoms with Crippen molar-refractivity contribution >= 4 is 21.6 Å². The van der Waals surface area contributed by atoms with Gasteiger partial charge in [0.25, 0.3) is 10.0 Å². The van der Waals surface area contributed by atoms with Crippen LogP contribution < -0.4 is 19.1 Å². The van der Waals surface area contributed by atoms with Crippen LogP contribution in [0.25, 0.3) is 0 Å². The Labute approximate surface area is 192 Å². The third kappa shape index (κ3) is 5.61. The number of halogens is 1. The second-order valence-corrected chi connectivity index (χ2v) is 9.07. The number of ether oxygens (including phenoxy) is 2. The topological polar surface area (TPSA) is 84.9 Å². The second kappa shape index (κ2) is 10.4. The standard InChI is InChI=1S/C24H25FN2O5S/c1-17(18-7-5-4-6-8-18)26-24(28)16-27(20-11-9-19(25)10-12-20)33(29,30)21-13-14-22(31-2)23(15-21)32-3/h4-15,17H,16H2,1-3H3,(H,26,28)/t17-/m1/s1. The molecule has 33 heavy (non-hydrogen) atoms. The molecule has 0 bridgehead atoms. The summed E-state index contributed by atoms with van der Waals surface area (Å²) in [5.41, 5.74) is 1.02. The molecule has 0 spiro atoms. The van der Waals surface area contributed by atoms with Crippen molar-refractivity contribution < 1.29 is 27.1 Å². The first kappa shape index (κ1) is 24.1. The molecule has 1 N–H and O–H groups in total. The van der Waals surface area contributed by atoms with E-state index < -0.39 is 28.3 Å². The van der Waals surface area contributed by atoms with Crippen molar-refractivity contribution in [2.45, 2.75) is 17.9 Å². The molecule has 0 heterocycles. The van der Waals surface area contributed by atoms with Gasteiger partial charge in [-0.05, 0) is 48.9 Å². The fraction of sp³-hybridized carbons (Fsp3) is 0.208. The first-order chi connectivity index (χ1) is 15.8. The first-order valence-corrected chi connectivity index (χ1v) is 11.5. The highest BCUT2D eigenvalue weighted by molar-refractivity contribution is 7.92. The molecule has 0 radical (unpaired) electrons. The fourth-order valence-corrected chi connectivity index (χ4v) is 4.71. The quantitative estimate of drug-likeness (QED) is 0.510.